The molecule has 0 fully saturated rings. The van der Waals surface area contributed by atoms with Gasteiger partial charge in [0.15, 0.2) is 17.3 Å². The molecule has 2 aromatic carbocycles. The molecule has 0 amide bonds. The van der Waals surface area contributed by atoms with E-state index in [9.17, 15) is 0 Å². The highest BCUT2D eigenvalue weighted by Gasteiger charge is 2.30. The number of rotatable bonds is 12. The van der Waals surface area contributed by atoms with Crippen LogP contribution in [0.3, 0.4) is 0 Å². The first-order valence-corrected chi connectivity index (χ1v) is 11.0. The first-order valence-electron chi connectivity index (χ1n) is 11.0. The topological polar surface area (TPSA) is 87.7 Å². The molecule has 0 aliphatic rings. The van der Waals surface area contributed by atoms with Gasteiger partial charge in [0.05, 0.1) is 46.2 Å². The van der Waals surface area contributed by atoms with E-state index in [0.29, 0.717) is 43.6 Å². The van der Waals surface area contributed by atoms with Crippen LogP contribution in [0.4, 0.5) is 0 Å². The second kappa shape index (κ2) is 11.4. The summed E-state index contributed by atoms with van der Waals surface area (Å²) in [6.07, 6.45) is 1.68. The summed E-state index contributed by atoms with van der Waals surface area (Å²) in [5, 5.41) is 12.7. The smallest absolute Gasteiger partial charge is 0.173 e. The molecule has 178 valence electrons. The maximum Gasteiger partial charge on any atom is 0.173 e. The average molecular weight is 464 g/mol. The van der Waals surface area contributed by atoms with Crippen molar-refractivity contribution in [1.29, 1.82) is 0 Å². The highest BCUT2D eigenvalue weighted by Crippen LogP contribution is 2.36. The predicted octanol–water partition coefficient (Wildman–Crippen LogP) is 3.72. The Kier molecular flexibility index (Phi) is 7.90. The Morgan fingerprint density at radius 3 is 2.47 bits per heavy atom. The largest absolute Gasteiger partial charge is 0.493 e. The molecular weight excluding hydrogens is 434 g/mol. The van der Waals surface area contributed by atoms with E-state index in [4.69, 9.17) is 18.6 Å². The molecule has 0 unspecified atom stereocenters. The predicted molar refractivity (Wildman–Crippen MR) is 125 cm³/mol. The Labute approximate surface area is 198 Å². The lowest BCUT2D eigenvalue weighted by molar-refractivity contribution is 0.164. The number of furan rings is 1. The highest BCUT2D eigenvalue weighted by atomic mass is 16.5. The second-order valence-corrected chi connectivity index (χ2v) is 7.74. The van der Waals surface area contributed by atoms with Gasteiger partial charge in [-0.25, -0.2) is 4.68 Å². The molecule has 0 radical (unpaired) electrons. The molecule has 0 saturated heterocycles. The molecule has 9 heteroatoms. The van der Waals surface area contributed by atoms with Gasteiger partial charge in [-0.3, -0.25) is 4.90 Å². The summed E-state index contributed by atoms with van der Waals surface area (Å²) in [7, 11) is 4.91. The first-order chi connectivity index (χ1) is 16.7. The van der Waals surface area contributed by atoms with Crippen molar-refractivity contribution in [3.05, 3.63) is 89.6 Å². The van der Waals surface area contributed by atoms with Gasteiger partial charge < -0.3 is 18.6 Å². The van der Waals surface area contributed by atoms with Crippen LogP contribution >= 0.6 is 0 Å². The quantitative estimate of drug-likeness (QED) is 0.314. The third-order valence-electron chi connectivity index (χ3n) is 5.57. The highest BCUT2D eigenvalue weighted by molar-refractivity contribution is 5.45. The van der Waals surface area contributed by atoms with Crippen molar-refractivity contribution in [3.63, 3.8) is 0 Å². The van der Waals surface area contributed by atoms with E-state index in [-0.39, 0.29) is 6.04 Å². The molecule has 0 saturated carbocycles. The van der Waals surface area contributed by atoms with Gasteiger partial charge >= 0.3 is 0 Å². The third-order valence-corrected chi connectivity index (χ3v) is 5.57. The minimum Gasteiger partial charge on any atom is -0.493 e. The van der Waals surface area contributed by atoms with E-state index in [1.165, 1.54) is 0 Å². The van der Waals surface area contributed by atoms with Crippen molar-refractivity contribution in [3.8, 4) is 11.5 Å². The number of ether oxygens (including phenoxy) is 3. The summed E-state index contributed by atoms with van der Waals surface area (Å²) in [5.74, 6) is 2.84. The van der Waals surface area contributed by atoms with Gasteiger partial charge in [-0.1, -0.05) is 36.4 Å². The van der Waals surface area contributed by atoms with Crippen molar-refractivity contribution in [2.45, 2.75) is 25.7 Å². The van der Waals surface area contributed by atoms with E-state index in [0.717, 1.165) is 16.9 Å². The van der Waals surface area contributed by atoms with E-state index in [2.05, 4.69) is 32.6 Å². The number of tetrazole rings is 1. The fraction of sp³-hybridized carbons (Fsp3) is 0.320. The molecule has 34 heavy (non-hydrogen) atoms. The van der Waals surface area contributed by atoms with Crippen LogP contribution in [0.15, 0.2) is 71.3 Å². The van der Waals surface area contributed by atoms with E-state index in [1.807, 2.05) is 48.5 Å². The number of hydrogen-bond acceptors (Lipinski definition) is 8. The minimum absolute atomic E-state index is 0.294. The summed E-state index contributed by atoms with van der Waals surface area (Å²) in [5.41, 5.74) is 2.13. The lowest BCUT2D eigenvalue weighted by Gasteiger charge is -2.31. The Balaban J connectivity index is 1.82. The molecule has 4 aromatic rings. The van der Waals surface area contributed by atoms with Crippen LogP contribution in [-0.2, 0) is 24.4 Å². The van der Waals surface area contributed by atoms with Crippen molar-refractivity contribution < 1.29 is 18.6 Å². The summed E-state index contributed by atoms with van der Waals surface area (Å²) in [6.45, 7) is 2.23. The summed E-state index contributed by atoms with van der Waals surface area (Å²) in [6, 6.07) is 19.8. The van der Waals surface area contributed by atoms with Crippen LogP contribution < -0.4 is 9.47 Å². The van der Waals surface area contributed by atoms with Crippen LogP contribution in [0.5, 0.6) is 11.5 Å². The van der Waals surface area contributed by atoms with Gasteiger partial charge in [-0.2, -0.15) is 0 Å². The monoisotopic (exact) mass is 463 g/mol. The Bertz CT molecular complexity index is 1150. The van der Waals surface area contributed by atoms with Gasteiger partial charge in [0, 0.05) is 13.7 Å². The molecule has 0 aliphatic carbocycles. The number of hydrogen-bond donors (Lipinski definition) is 0. The SMILES string of the molecule is COCCn1nnnc1[C@@H](c1ccc(OC)c(OC)c1)N(Cc1ccccc1)Cc1ccco1. The zero-order valence-corrected chi connectivity index (χ0v) is 19.6. The van der Waals surface area contributed by atoms with E-state index < -0.39 is 0 Å². The zero-order valence-electron chi connectivity index (χ0n) is 19.6. The Morgan fingerprint density at radius 1 is 0.941 bits per heavy atom. The normalized spacial score (nSPS) is 12.1. The van der Waals surface area contributed by atoms with Gasteiger partial charge in [0.2, 0.25) is 0 Å². The van der Waals surface area contributed by atoms with Crippen molar-refractivity contribution in [1.82, 2.24) is 25.1 Å². The third kappa shape index (κ3) is 5.44. The minimum atomic E-state index is -0.294. The van der Waals surface area contributed by atoms with Crippen LogP contribution in [0, 0.1) is 0 Å². The van der Waals surface area contributed by atoms with Crippen molar-refractivity contribution in [2.75, 3.05) is 27.9 Å². The fourth-order valence-electron chi connectivity index (χ4n) is 3.95. The molecule has 9 nitrogen and oxygen atoms in total. The van der Waals surface area contributed by atoms with Crippen LogP contribution in [0.25, 0.3) is 0 Å². The van der Waals surface area contributed by atoms with Crippen molar-refractivity contribution in [2.24, 2.45) is 0 Å². The van der Waals surface area contributed by atoms with Gasteiger partial charge in [0.1, 0.15) is 5.76 Å². The van der Waals surface area contributed by atoms with Gasteiger partial charge in [0.25, 0.3) is 0 Å². The molecule has 0 bridgehead atoms. The molecule has 0 aliphatic heterocycles. The molecule has 1 atom stereocenters. The number of aromatic nitrogens is 4. The molecule has 2 aromatic heterocycles. The Morgan fingerprint density at radius 2 is 1.76 bits per heavy atom. The molecule has 0 N–H and O–H groups in total. The lowest BCUT2D eigenvalue weighted by Crippen LogP contribution is -2.31. The van der Waals surface area contributed by atoms with Gasteiger partial charge in [-0.05, 0) is 45.8 Å². The average Bonchev–Trinajstić information content (AvgIpc) is 3.56. The Hall–Kier alpha value is -3.69. The maximum absolute atomic E-state index is 5.72. The second-order valence-electron chi connectivity index (χ2n) is 7.74. The zero-order chi connectivity index (χ0) is 23.8. The number of nitrogens with zero attached hydrogens (tertiary/aromatic N) is 5. The lowest BCUT2D eigenvalue weighted by atomic mass is 10.0. The van der Waals surface area contributed by atoms with Crippen LogP contribution in [-0.4, -0.2) is 53.0 Å². The summed E-state index contributed by atoms with van der Waals surface area (Å²) in [4.78, 5) is 2.28. The summed E-state index contributed by atoms with van der Waals surface area (Å²) < 4.78 is 23.8. The van der Waals surface area contributed by atoms with E-state index >= 15 is 0 Å². The molecule has 0 spiro atoms. The summed E-state index contributed by atoms with van der Waals surface area (Å²) >= 11 is 0. The van der Waals surface area contributed by atoms with Crippen LogP contribution in [0.2, 0.25) is 0 Å². The molecular formula is C25H29N5O4. The van der Waals surface area contributed by atoms with Gasteiger partial charge in [-0.15, -0.1) is 5.10 Å². The first kappa shape index (κ1) is 23.5. The molecule has 2 heterocycles. The van der Waals surface area contributed by atoms with Crippen LogP contribution in [0.1, 0.15) is 28.8 Å². The standard InChI is InChI=1S/C25H29N5O4/c1-31-15-13-30-25(26-27-28-30)24(20-11-12-22(32-2)23(16-20)33-3)29(18-21-10-7-14-34-21)17-19-8-5-4-6-9-19/h4-12,14,16,24H,13,15,17-18H2,1-3H3/t24-/m1/s1. The van der Waals surface area contributed by atoms with E-state index in [1.54, 1.807) is 32.3 Å². The van der Waals surface area contributed by atoms with Crippen molar-refractivity contribution >= 4 is 0 Å². The maximum atomic E-state index is 5.72. The fourth-order valence-corrected chi connectivity index (χ4v) is 3.95. The number of benzene rings is 2. The number of methoxy groups -OCH3 is 3. The molecule has 4 rings (SSSR count).